The molecule has 0 spiro atoms. The number of para-hydroxylation sites is 1. The Labute approximate surface area is 141 Å². The predicted octanol–water partition coefficient (Wildman–Crippen LogP) is 3.20. The third kappa shape index (κ3) is 3.09. The number of nitrogens with one attached hydrogen (secondary N) is 1. The first-order chi connectivity index (χ1) is 11.5. The summed E-state index contributed by atoms with van der Waals surface area (Å²) in [5, 5.41) is 10.5. The molecule has 1 atom stereocenters. The van der Waals surface area contributed by atoms with E-state index >= 15 is 0 Å². The Morgan fingerprint density at radius 2 is 2.04 bits per heavy atom. The van der Waals surface area contributed by atoms with Gasteiger partial charge in [-0.1, -0.05) is 23.7 Å². The number of H-pyrrole nitrogens is 1. The number of hydrogen-bond acceptors (Lipinski definition) is 5. The van der Waals surface area contributed by atoms with Crippen LogP contribution in [0.25, 0.3) is 10.9 Å². The average Bonchev–Trinajstić information content (AvgIpc) is 2.57. The number of halogens is 1. The van der Waals surface area contributed by atoms with E-state index in [1.165, 1.54) is 18.2 Å². The maximum atomic E-state index is 12.2. The number of aromatic nitrogens is 2. The van der Waals surface area contributed by atoms with E-state index in [0.29, 0.717) is 15.9 Å². The van der Waals surface area contributed by atoms with Gasteiger partial charge in [0.2, 0.25) is 0 Å². The van der Waals surface area contributed by atoms with E-state index in [2.05, 4.69) is 9.97 Å². The Kier molecular flexibility index (Phi) is 4.22. The van der Waals surface area contributed by atoms with Crippen molar-refractivity contribution < 1.29 is 14.6 Å². The zero-order chi connectivity index (χ0) is 17.3. The monoisotopic (exact) mass is 344 g/mol. The first-order valence-corrected chi connectivity index (χ1v) is 7.52. The fourth-order valence-electron chi connectivity index (χ4n) is 2.25. The molecular formula is C17H13ClN2O4. The van der Waals surface area contributed by atoms with E-state index in [9.17, 15) is 14.7 Å². The first-order valence-electron chi connectivity index (χ1n) is 7.14. The quantitative estimate of drug-likeness (QED) is 0.712. The summed E-state index contributed by atoms with van der Waals surface area (Å²) < 4.78 is 5.27. The summed E-state index contributed by atoms with van der Waals surface area (Å²) in [6.07, 6.45) is -0.812. The van der Waals surface area contributed by atoms with Crippen LogP contribution in [-0.4, -0.2) is 21.0 Å². The number of nitrogens with zero attached hydrogens (tertiary/aromatic N) is 1. The molecule has 24 heavy (non-hydrogen) atoms. The number of esters is 1. The van der Waals surface area contributed by atoms with E-state index in [1.54, 1.807) is 31.2 Å². The number of aromatic hydroxyl groups is 1. The molecular weight excluding hydrogens is 332 g/mol. The maximum absolute atomic E-state index is 12.2. The number of phenols is 1. The van der Waals surface area contributed by atoms with Gasteiger partial charge in [-0.3, -0.25) is 4.79 Å². The minimum Gasteiger partial charge on any atom is -0.507 e. The third-order valence-electron chi connectivity index (χ3n) is 3.48. The Hall–Kier alpha value is -2.86. The molecule has 2 aromatic carbocycles. The predicted molar refractivity (Wildman–Crippen MR) is 89.3 cm³/mol. The van der Waals surface area contributed by atoms with Crippen molar-refractivity contribution in [3.8, 4) is 5.75 Å². The molecule has 0 aliphatic carbocycles. The van der Waals surface area contributed by atoms with E-state index < -0.39 is 12.1 Å². The summed E-state index contributed by atoms with van der Waals surface area (Å²) in [4.78, 5) is 31.2. The summed E-state index contributed by atoms with van der Waals surface area (Å²) in [6.45, 7) is 1.58. The highest BCUT2D eigenvalue weighted by Gasteiger charge is 2.19. The minimum absolute atomic E-state index is 0.0579. The Bertz CT molecular complexity index is 984. The number of benzene rings is 2. The number of rotatable bonds is 3. The molecule has 7 heteroatoms. The van der Waals surface area contributed by atoms with Gasteiger partial charge in [0.1, 0.15) is 11.3 Å². The van der Waals surface area contributed by atoms with Crippen molar-refractivity contribution in [1.29, 1.82) is 0 Å². The summed E-state index contributed by atoms with van der Waals surface area (Å²) in [5.74, 6) is -0.788. The Morgan fingerprint density at radius 3 is 2.83 bits per heavy atom. The summed E-state index contributed by atoms with van der Waals surface area (Å²) in [7, 11) is 0. The lowest BCUT2D eigenvalue weighted by atomic mass is 10.2. The van der Waals surface area contributed by atoms with Gasteiger partial charge in [-0.15, -0.1) is 0 Å². The van der Waals surface area contributed by atoms with Crippen molar-refractivity contribution in [1.82, 2.24) is 9.97 Å². The third-order valence-corrected chi connectivity index (χ3v) is 3.71. The van der Waals surface area contributed by atoms with Gasteiger partial charge in [0.15, 0.2) is 11.9 Å². The number of carbonyl (C=O) groups is 1. The van der Waals surface area contributed by atoms with Crippen molar-refractivity contribution in [3.05, 3.63) is 69.2 Å². The van der Waals surface area contributed by atoms with Crippen molar-refractivity contribution in [2.75, 3.05) is 0 Å². The van der Waals surface area contributed by atoms with Crippen LogP contribution in [0.1, 0.15) is 29.2 Å². The van der Waals surface area contributed by atoms with Crippen LogP contribution in [0.4, 0.5) is 0 Å². The van der Waals surface area contributed by atoms with Gasteiger partial charge in [-0.2, -0.15) is 0 Å². The van der Waals surface area contributed by atoms with Gasteiger partial charge >= 0.3 is 5.97 Å². The second-order valence-electron chi connectivity index (χ2n) is 5.18. The summed E-state index contributed by atoms with van der Waals surface area (Å²) in [5.41, 5.74) is 0.131. The number of ether oxygens (including phenoxy) is 1. The highest BCUT2D eigenvalue weighted by molar-refractivity contribution is 6.31. The Balaban J connectivity index is 1.89. The van der Waals surface area contributed by atoms with Gasteiger partial charge in [-0.05, 0) is 37.3 Å². The highest BCUT2D eigenvalue weighted by Crippen LogP contribution is 2.24. The average molecular weight is 345 g/mol. The fraction of sp³-hybridized carbons (Fsp3) is 0.118. The fourth-order valence-corrected chi connectivity index (χ4v) is 2.42. The molecule has 0 fully saturated rings. The van der Waals surface area contributed by atoms with Gasteiger partial charge in [-0.25, -0.2) is 9.78 Å². The largest absolute Gasteiger partial charge is 0.507 e. The lowest BCUT2D eigenvalue weighted by Crippen LogP contribution is -2.17. The normalized spacial score (nSPS) is 12.1. The SMILES string of the molecule is C[C@@H](OC(=O)c1cc(Cl)ccc1O)c1nc2ccccc2c(=O)[nH]1. The van der Waals surface area contributed by atoms with Crippen molar-refractivity contribution >= 4 is 28.5 Å². The number of fused-ring (bicyclic) bond motifs is 1. The zero-order valence-corrected chi connectivity index (χ0v) is 13.4. The second-order valence-corrected chi connectivity index (χ2v) is 5.61. The van der Waals surface area contributed by atoms with Crippen LogP contribution >= 0.6 is 11.6 Å². The zero-order valence-electron chi connectivity index (χ0n) is 12.6. The first kappa shape index (κ1) is 16.0. The van der Waals surface area contributed by atoms with Crippen LogP contribution in [0, 0.1) is 0 Å². The molecule has 6 nitrogen and oxygen atoms in total. The topological polar surface area (TPSA) is 92.3 Å². The molecule has 0 radical (unpaired) electrons. The van der Waals surface area contributed by atoms with E-state index in [0.717, 1.165) is 0 Å². The van der Waals surface area contributed by atoms with Crippen molar-refractivity contribution in [2.24, 2.45) is 0 Å². The molecule has 1 aromatic heterocycles. The van der Waals surface area contributed by atoms with Crippen molar-refractivity contribution in [3.63, 3.8) is 0 Å². The molecule has 0 unspecified atom stereocenters. The highest BCUT2D eigenvalue weighted by atomic mass is 35.5. The van der Waals surface area contributed by atoms with E-state index in [4.69, 9.17) is 16.3 Å². The molecule has 3 rings (SSSR count). The van der Waals surface area contributed by atoms with Gasteiger partial charge < -0.3 is 14.8 Å². The molecule has 0 aliphatic rings. The maximum Gasteiger partial charge on any atom is 0.342 e. The number of phenolic OH excluding ortho intramolecular Hbond substituents is 1. The van der Waals surface area contributed by atoms with E-state index in [1.807, 2.05) is 0 Å². The van der Waals surface area contributed by atoms with Gasteiger partial charge in [0, 0.05) is 5.02 Å². The standard InChI is InChI=1S/C17H13ClN2O4/c1-9(24-17(23)12-8-10(18)6-7-14(12)21)15-19-13-5-3-2-4-11(13)16(22)20-15/h2-9,21H,1H3,(H,19,20,22)/t9-/m1/s1. The molecule has 0 bridgehead atoms. The molecule has 0 amide bonds. The molecule has 1 heterocycles. The number of aromatic amines is 1. The van der Waals surface area contributed by atoms with Crippen LogP contribution in [0.5, 0.6) is 5.75 Å². The molecule has 0 saturated heterocycles. The van der Waals surface area contributed by atoms with Crippen LogP contribution in [-0.2, 0) is 4.74 Å². The van der Waals surface area contributed by atoms with E-state index in [-0.39, 0.29) is 22.7 Å². The van der Waals surface area contributed by atoms with Crippen LogP contribution in [0.15, 0.2) is 47.3 Å². The summed E-state index contributed by atoms with van der Waals surface area (Å²) in [6, 6.07) is 10.9. The lowest BCUT2D eigenvalue weighted by molar-refractivity contribution is 0.0317. The minimum atomic E-state index is -0.812. The molecule has 122 valence electrons. The smallest absolute Gasteiger partial charge is 0.342 e. The second kappa shape index (κ2) is 6.33. The molecule has 0 aliphatic heterocycles. The van der Waals surface area contributed by atoms with Gasteiger partial charge in [0.05, 0.1) is 10.9 Å². The van der Waals surface area contributed by atoms with Crippen LogP contribution in [0.3, 0.4) is 0 Å². The lowest BCUT2D eigenvalue weighted by Gasteiger charge is -2.13. The van der Waals surface area contributed by atoms with Gasteiger partial charge in [0.25, 0.3) is 5.56 Å². The Morgan fingerprint density at radius 1 is 1.29 bits per heavy atom. The molecule has 2 N–H and O–H groups in total. The number of carbonyl (C=O) groups excluding carboxylic acids is 1. The van der Waals surface area contributed by atoms with Crippen molar-refractivity contribution in [2.45, 2.75) is 13.0 Å². The number of hydrogen-bond donors (Lipinski definition) is 2. The molecule has 0 saturated carbocycles. The molecule has 3 aromatic rings. The summed E-state index contributed by atoms with van der Waals surface area (Å²) >= 11 is 5.82. The van der Waals surface area contributed by atoms with Crippen LogP contribution in [0.2, 0.25) is 5.02 Å². The van der Waals surface area contributed by atoms with Crippen LogP contribution < -0.4 is 5.56 Å².